The molecule has 5 rings (SSSR count). The summed E-state index contributed by atoms with van der Waals surface area (Å²) in [6, 6.07) is 8.50. The number of anilines is 2. The molecule has 0 bridgehead atoms. The molecule has 0 unspecified atom stereocenters. The van der Waals surface area contributed by atoms with Crippen LogP contribution >= 0.6 is 11.6 Å². The minimum absolute atomic E-state index is 0.197. The molecule has 0 fully saturated rings. The van der Waals surface area contributed by atoms with Gasteiger partial charge in [0, 0.05) is 12.3 Å². The molecule has 13 heteroatoms. The Morgan fingerprint density at radius 2 is 2.09 bits per heavy atom. The summed E-state index contributed by atoms with van der Waals surface area (Å²) >= 11 is 6.36. The molecule has 1 aromatic carbocycles. The largest absolute Gasteiger partial charge is 0.383 e. The summed E-state index contributed by atoms with van der Waals surface area (Å²) in [4.78, 5) is 23.2. The van der Waals surface area contributed by atoms with Gasteiger partial charge in [-0.05, 0) is 29.7 Å². The average molecular weight is 464 g/mol. The molecule has 166 valence electrons. The predicted molar refractivity (Wildman–Crippen MR) is 123 cm³/mol. The van der Waals surface area contributed by atoms with E-state index in [4.69, 9.17) is 17.3 Å². The molecule has 4 N–H and O–H groups in total. The Kier molecular flexibility index (Phi) is 4.98. The number of nitrogens with zero attached hydrogens (tertiary/aromatic N) is 8. The van der Waals surface area contributed by atoms with Gasteiger partial charge in [-0.25, -0.2) is 9.97 Å². The predicted octanol–water partition coefficient (Wildman–Crippen LogP) is 2.10. The van der Waals surface area contributed by atoms with Crippen LogP contribution in [0.25, 0.3) is 28.0 Å². The lowest BCUT2D eigenvalue weighted by molar-refractivity contribution is 0.630. The van der Waals surface area contributed by atoms with Crippen molar-refractivity contribution < 1.29 is 0 Å². The van der Waals surface area contributed by atoms with Crippen molar-refractivity contribution in [2.24, 2.45) is 7.05 Å². The van der Waals surface area contributed by atoms with E-state index < -0.39 is 6.04 Å². The van der Waals surface area contributed by atoms with E-state index in [1.54, 1.807) is 31.4 Å². The standard InChI is InChI=1S/C20H18ClN11O/c1-10(26-18-16(17(22)23-9-24-18)19-28-30-31(2)29-19)13-8-11-4-3-5-12(21)15(11)20(33)32(13)14-6-7-25-27-14/h3-10H,1-2H3,(H,25,27)(H3,22,23,24,26)/t10-/m0/s1. The smallest absolute Gasteiger partial charge is 0.266 e. The topological polar surface area (TPSA) is 158 Å². The van der Waals surface area contributed by atoms with Crippen molar-refractivity contribution in [1.82, 2.24) is 44.9 Å². The van der Waals surface area contributed by atoms with Gasteiger partial charge in [-0.15, -0.1) is 10.2 Å². The first-order valence-electron chi connectivity index (χ1n) is 9.89. The molecule has 12 nitrogen and oxygen atoms in total. The normalized spacial score (nSPS) is 12.2. The Morgan fingerprint density at radius 3 is 2.82 bits per heavy atom. The summed E-state index contributed by atoms with van der Waals surface area (Å²) in [5.74, 6) is 1.31. The molecule has 0 aliphatic rings. The van der Waals surface area contributed by atoms with Crippen molar-refractivity contribution >= 4 is 34.0 Å². The van der Waals surface area contributed by atoms with Crippen molar-refractivity contribution in [2.75, 3.05) is 11.1 Å². The third kappa shape index (κ3) is 3.55. The number of hydrogen-bond donors (Lipinski definition) is 3. The number of tetrazole rings is 1. The fourth-order valence-electron chi connectivity index (χ4n) is 3.66. The number of rotatable bonds is 5. The van der Waals surface area contributed by atoms with Gasteiger partial charge in [0.25, 0.3) is 5.56 Å². The van der Waals surface area contributed by atoms with Crippen LogP contribution in [0.3, 0.4) is 0 Å². The molecule has 0 aliphatic heterocycles. The molecular weight excluding hydrogens is 446 g/mol. The summed E-state index contributed by atoms with van der Waals surface area (Å²) in [6.07, 6.45) is 2.98. The molecular formula is C20H18ClN11O. The van der Waals surface area contributed by atoms with Gasteiger partial charge in [-0.3, -0.25) is 14.5 Å². The van der Waals surface area contributed by atoms with Crippen LogP contribution in [0.15, 0.2) is 47.7 Å². The Bertz CT molecular complexity index is 1520. The maximum Gasteiger partial charge on any atom is 0.266 e. The number of hydrogen-bond acceptors (Lipinski definition) is 9. The van der Waals surface area contributed by atoms with Crippen molar-refractivity contribution in [1.29, 1.82) is 0 Å². The molecule has 0 amide bonds. The first-order valence-corrected chi connectivity index (χ1v) is 10.3. The monoisotopic (exact) mass is 463 g/mol. The molecule has 4 heterocycles. The first kappa shape index (κ1) is 20.6. The minimum Gasteiger partial charge on any atom is -0.383 e. The molecule has 0 saturated heterocycles. The number of pyridine rings is 1. The second-order valence-electron chi connectivity index (χ2n) is 7.30. The van der Waals surface area contributed by atoms with Crippen LogP contribution in [0.4, 0.5) is 11.6 Å². The Morgan fingerprint density at radius 1 is 1.24 bits per heavy atom. The van der Waals surface area contributed by atoms with Crippen molar-refractivity contribution in [2.45, 2.75) is 13.0 Å². The number of H-pyrrole nitrogens is 1. The van der Waals surface area contributed by atoms with Crippen LogP contribution < -0.4 is 16.6 Å². The van der Waals surface area contributed by atoms with Gasteiger partial charge >= 0.3 is 0 Å². The maximum absolute atomic E-state index is 13.5. The van der Waals surface area contributed by atoms with Crippen molar-refractivity contribution in [3.8, 4) is 17.2 Å². The third-order valence-electron chi connectivity index (χ3n) is 5.14. The highest BCUT2D eigenvalue weighted by atomic mass is 35.5. The van der Waals surface area contributed by atoms with Gasteiger partial charge < -0.3 is 11.1 Å². The van der Waals surface area contributed by atoms with Gasteiger partial charge in [0.15, 0.2) is 5.82 Å². The zero-order valence-corrected chi connectivity index (χ0v) is 18.3. The maximum atomic E-state index is 13.5. The molecule has 0 spiro atoms. The Hall–Kier alpha value is -4.32. The van der Waals surface area contributed by atoms with E-state index in [0.717, 1.165) is 0 Å². The van der Waals surface area contributed by atoms with Crippen LogP contribution in [-0.2, 0) is 7.05 Å². The quantitative estimate of drug-likeness (QED) is 0.354. The number of benzene rings is 1. The highest BCUT2D eigenvalue weighted by Crippen LogP contribution is 2.31. The Balaban J connectivity index is 1.66. The third-order valence-corrected chi connectivity index (χ3v) is 5.46. The number of fused-ring (bicyclic) bond motifs is 1. The number of halogens is 1. The van der Waals surface area contributed by atoms with E-state index in [0.29, 0.717) is 38.7 Å². The average Bonchev–Trinajstić information content (AvgIpc) is 3.45. The van der Waals surface area contributed by atoms with Crippen LogP contribution in [-0.4, -0.2) is 44.9 Å². The van der Waals surface area contributed by atoms with Crippen LogP contribution in [0.5, 0.6) is 0 Å². The SMILES string of the molecule is C[C@H](Nc1ncnc(N)c1-c1nnn(C)n1)c1cc2cccc(Cl)c2c(=O)n1-c1cc[nH]n1. The minimum atomic E-state index is -0.414. The second-order valence-corrected chi connectivity index (χ2v) is 7.70. The van der Waals surface area contributed by atoms with Crippen LogP contribution in [0.1, 0.15) is 18.7 Å². The van der Waals surface area contributed by atoms with E-state index in [2.05, 4.69) is 40.9 Å². The van der Waals surface area contributed by atoms with Gasteiger partial charge in [0.1, 0.15) is 23.5 Å². The molecule has 0 aliphatic carbocycles. The van der Waals surface area contributed by atoms with Crippen molar-refractivity contribution in [3.05, 3.63) is 63.9 Å². The van der Waals surface area contributed by atoms with E-state index in [1.807, 2.05) is 19.1 Å². The van der Waals surface area contributed by atoms with E-state index >= 15 is 0 Å². The highest BCUT2D eigenvalue weighted by molar-refractivity contribution is 6.35. The van der Waals surface area contributed by atoms with Gasteiger partial charge in [0.2, 0.25) is 5.82 Å². The number of aromatic nitrogens is 9. The molecule has 0 saturated carbocycles. The lowest BCUT2D eigenvalue weighted by atomic mass is 10.1. The van der Waals surface area contributed by atoms with Gasteiger partial charge in [0.05, 0.1) is 29.2 Å². The fourth-order valence-corrected chi connectivity index (χ4v) is 3.93. The lowest BCUT2D eigenvalue weighted by Gasteiger charge is -2.21. The fraction of sp³-hybridized carbons (Fsp3) is 0.150. The number of aryl methyl sites for hydroxylation is 1. The highest BCUT2D eigenvalue weighted by Gasteiger charge is 2.22. The number of nitrogen functional groups attached to an aromatic ring is 1. The zero-order valence-electron chi connectivity index (χ0n) is 17.6. The van der Waals surface area contributed by atoms with Gasteiger partial charge in [-0.2, -0.15) is 9.90 Å². The molecule has 5 aromatic rings. The molecule has 33 heavy (non-hydrogen) atoms. The number of nitrogens with two attached hydrogens (primary N) is 1. The summed E-state index contributed by atoms with van der Waals surface area (Å²) in [6.45, 7) is 1.89. The summed E-state index contributed by atoms with van der Waals surface area (Å²) in [5, 5.41) is 23.9. The van der Waals surface area contributed by atoms with E-state index in [-0.39, 0.29) is 17.2 Å². The molecule has 0 radical (unpaired) electrons. The van der Waals surface area contributed by atoms with E-state index in [1.165, 1.54) is 15.7 Å². The lowest BCUT2D eigenvalue weighted by Crippen LogP contribution is -2.26. The van der Waals surface area contributed by atoms with Crippen molar-refractivity contribution in [3.63, 3.8) is 0 Å². The number of nitrogens with one attached hydrogen (secondary N) is 2. The van der Waals surface area contributed by atoms with Crippen LogP contribution in [0.2, 0.25) is 5.02 Å². The van der Waals surface area contributed by atoms with E-state index in [9.17, 15) is 4.79 Å². The van der Waals surface area contributed by atoms with Gasteiger partial charge in [-0.1, -0.05) is 23.7 Å². The summed E-state index contributed by atoms with van der Waals surface area (Å²) in [7, 11) is 1.65. The van der Waals surface area contributed by atoms with Crippen LogP contribution in [0, 0.1) is 0 Å². The molecule has 1 atom stereocenters. The first-order chi connectivity index (χ1) is 15.9. The summed E-state index contributed by atoms with van der Waals surface area (Å²) in [5.41, 5.74) is 6.87. The number of aromatic amines is 1. The second kappa shape index (κ2) is 7.98. The summed E-state index contributed by atoms with van der Waals surface area (Å²) < 4.78 is 1.51. The zero-order chi connectivity index (χ0) is 23.1. The Labute approximate surface area is 191 Å². The molecule has 4 aromatic heterocycles.